The van der Waals surface area contributed by atoms with Gasteiger partial charge in [-0.05, 0) is 35.0 Å². The van der Waals surface area contributed by atoms with Crippen molar-refractivity contribution >= 4 is 43.6 Å². The summed E-state index contributed by atoms with van der Waals surface area (Å²) in [4.78, 5) is 8.90. The Labute approximate surface area is 154 Å². The standard InChI is InChI=1S/C24H14N2O/c1-2-6-17-15(5-1)10-12-21-23(17)19-11-9-16(13-22(19)27-21)24-18-7-3-4-8-20(18)25-14-26-24/h1-14H. The summed E-state index contributed by atoms with van der Waals surface area (Å²) in [5.41, 5.74) is 4.69. The van der Waals surface area contributed by atoms with E-state index in [2.05, 4.69) is 70.6 Å². The molecule has 3 heteroatoms. The minimum absolute atomic E-state index is 0.876. The normalized spacial score (nSPS) is 11.7. The summed E-state index contributed by atoms with van der Waals surface area (Å²) in [5, 5.41) is 5.78. The Balaban J connectivity index is 1.66. The molecule has 0 radical (unpaired) electrons. The van der Waals surface area contributed by atoms with Crippen molar-refractivity contribution in [3.05, 3.63) is 85.2 Å². The zero-order valence-corrected chi connectivity index (χ0v) is 14.4. The summed E-state index contributed by atoms with van der Waals surface area (Å²) in [5.74, 6) is 0. The predicted octanol–water partition coefficient (Wildman–Crippen LogP) is 6.35. The minimum atomic E-state index is 0.876. The molecule has 0 unspecified atom stereocenters. The van der Waals surface area contributed by atoms with Crippen molar-refractivity contribution in [3.63, 3.8) is 0 Å². The van der Waals surface area contributed by atoms with Crippen LogP contribution >= 0.6 is 0 Å². The van der Waals surface area contributed by atoms with Crippen LogP contribution in [0.4, 0.5) is 0 Å². The van der Waals surface area contributed by atoms with Gasteiger partial charge in [0.15, 0.2) is 0 Å². The highest BCUT2D eigenvalue weighted by Crippen LogP contribution is 2.37. The number of nitrogens with zero attached hydrogens (tertiary/aromatic N) is 2. The Morgan fingerprint density at radius 2 is 1.48 bits per heavy atom. The number of rotatable bonds is 1. The zero-order valence-electron chi connectivity index (χ0n) is 14.4. The summed E-state index contributed by atoms with van der Waals surface area (Å²) in [7, 11) is 0. The first kappa shape index (κ1) is 14.4. The summed E-state index contributed by atoms with van der Waals surface area (Å²) in [6.07, 6.45) is 1.62. The maximum absolute atomic E-state index is 6.19. The van der Waals surface area contributed by atoms with E-state index in [1.807, 2.05) is 18.2 Å². The largest absolute Gasteiger partial charge is 0.456 e. The van der Waals surface area contributed by atoms with Crippen LogP contribution in [0.1, 0.15) is 0 Å². The number of hydrogen-bond acceptors (Lipinski definition) is 3. The fourth-order valence-electron chi connectivity index (χ4n) is 3.93. The molecular weight excluding hydrogens is 332 g/mol. The molecule has 0 aliphatic carbocycles. The van der Waals surface area contributed by atoms with Gasteiger partial charge in [0.05, 0.1) is 11.2 Å². The fourth-order valence-corrected chi connectivity index (χ4v) is 3.93. The third kappa shape index (κ3) is 2.09. The third-order valence-electron chi connectivity index (χ3n) is 5.18. The number of hydrogen-bond donors (Lipinski definition) is 0. The number of benzene rings is 4. The summed E-state index contributed by atoms with van der Waals surface area (Å²) in [6.45, 7) is 0. The van der Waals surface area contributed by atoms with Gasteiger partial charge in [0.1, 0.15) is 17.5 Å². The van der Waals surface area contributed by atoms with Gasteiger partial charge in [0, 0.05) is 21.7 Å². The predicted molar refractivity (Wildman–Crippen MR) is 110 cm³/mol. The molecule has 0 saturated heterocycles. The molecule has 0 fully saturated rings. The number of fused-ring (bicyclic) bond motifs is 6. The second-order valence-electron chi connectivity index (χ2n) is 6.71. The van der Waals surface area contributed by atoms with E-state index in [-0.39, 0.29) is 0 Å². The van der Waals surface area contributed by atoms with Crippen LogP contribution in [0.3, 0.4) is 0 Å². The van der Waals surface area contributed by atoms with E-state index in [4.69, 9.17) is 4.42 Å². The zero-order chi connectivity index (χ0) is 17.8. The first-order valence-corrected chi connectivity index (χ1v) is 8.93. The number of furan rings is 1. The fraction of sp³-hybridized carbons (Fsp3) is 0. The van der Waals surface area contributed by atoms with Crippen molar-refractivity contribution in [3.8, 4) is 11.3 Å². The Bertz CT molecular complexity index is 1470. The molecule has 0 aliphatic rings. The van der Waals surface area contributed by atoms with E-state index in [0.29, 0.717) is 0 Å². The minimum Gasteiger partial charge on any atom is -0.456 e. The Morgan fingerprint density at radius 1 is 0.630 bits per heavy atom. The summed E-state index contributed by atoms with van der Waals surface area (Å²) >= 11 is 0. The molecule has 6 aromatic rings. The Kier molecular flexibility index (Phi) is 2.88. The average molecular weight is 346 g/mol. The average Bonchev–Trinajstić information content (AvgIpc) is 3.11. The van der Waals surface area contributed by atoms with Crippen molar-refractivity contribution in [1.29, 1.82) is 0 Å². The summed E-state index contributed by atoms with van der Waals surface area (Å²) < 4.78 is 6.19. The van der Waals surface area contributed by atoms with Gasteiger partial charge in [-0.1, -0.05) is 54.6 Å². The SMILES string of the molecule is c1ccc2c(c1)ccc1oc3cc(-c4ncnc5ccccc45)ccc3c12. The van der Waals surface area contributed by atoms with Crippen molar-refractivity contribution < 1.29 is 4.42 Å². The lowest BCUT2D eigenvalue weighted by molar-refractivity contribution is 0.669. The van der Waals surface area contributed by atoms with Gasteiger partial charge in [-0.3, -0.25) is 0 Å². The monoisotopic (exact) mass is 346 g/mol. The molecule has 0 spiro atoms. The van der Waals surface area contributed by atoms with E-state index >= 15 is 0 Å². The van der Waals surface area contributed by atoms with Crippen LogP contribution in [0.2, 0.25) is 0 Å². The Hall–Kier alpha value is -3.72. The van der Waals surface area contributed by atoms with E-state index in [9.17, 15) is 0 Å². The molecule has 0 saturated carbocycles. The molecule has 0 bridgehead atoms. The topological polar surface area (TPSA) is 38.9 Å². The van der Waals surface area contributed by atoms with Gasteiger partial charge in [0.25, 0.3) is 0 Å². The van der Waals surface area contributed by atoms with Crippen molar-refractivity contribution in [1.82, 2.24) is 9.97 Å². The molecule has 126 valence electrons. The molecule has 4 aromatic carbocycles. The molecular formula is C24H14N2O. The molecule has 0 amide bonds. The van der Waals surface area contributed by atoms with E-state index in [0.717, 1.165) is 38.7 Å². The van der Waals surface area contributed by atoms with Crippen LogP contribution in [0, 0.1) is 0 Å². The molecule has 2 aromatic heterocycles. The molecule has 0 aliphatic heterocycles. The highest BCUT2D eigenvalue weighted by molar-refractivity contribution is 6.19. The lowest BCUT2D eigenvalue weighted by atomic mass is 10.0. The van der Waals surface area contributed by atoms with Gasteiger partial charge < -0.3 is 4.42 Å². The highest BCUT2D eigenvalue weighted by atomic mass is 16.3. The molecule has 0 atom stereocenters. The summed E-state index contributed by atoms with van der Waals surface area (Å²) in [6, 6.07) is 27.0. The first-order valence-electron chi connectivity index (χ1n) is 8.93. The molecule has 0 N–H and O–H groups in total. The van der Waals surface area contributed by atoms with E-state index < -0.39 is 0 Å². The Morgan fingerprint density at radius 3 is 2.44 bits per heavy atom. The van der Waals surface area contributed by atoms with Crippen LogP contribution in [0.25, 0.3) is 54.9 Å². The van der Waals surface area contributed by atoms with Crippen LogP contribution in [-0.4, -0.2) is 9.97 Å². The second-order valence-corrected chi connectivity index (χ2v) is 6.71. The lowest BCUT2D eigenvalue weighted by Crippen LogP contribution is -1.88. The van der Waals surface area contributed by atoms with E-state index in [1.54, 1.807) is 6.33 Å². The maximum Gasteiger partial charge on any atom is 0.136 e. The van der Waals surface area contributed by atoms with Gasteiger partial charge in [-0.15, -0.1) is 0 Å². The molecule has 27 heavy (non-hydrogen) atoms. The van der Waals surface area contributed by atoms with Gasteiger partial charge in [-0.2, -0.15) is 0 Å². The quantitative estimate of drug-likeness (QED) is 0.348. The molecule has 2 heterocycles. The molecule has 6 rings (SSSR count). The smallest absolute Gasteiger partial charge is 0.136 e. The number of para-hydroxylation sites is 1. The van der Waals surface area contributed by atoms with Crippen LogP contribution in [0.15, 0.2) is 89.6 Å². The number of aromatic nitrogens is 2. The van der Waals surface area contributed by atoms with Crippen molar-refractivity contribution in [2.45, 2.75) is 0 Å². The van der Waals surface area contributed by atoms with Gasteiger partial charge in [0.2, 0.25) is 0 Å². The lowest BCUT2D eigenvalue weighted by Gasteiger charge is -2.05. The van der Waals surface area contributed by atoms with Crippen LogP contribution < -0.4 is 0 Å². The highest BCUT2D eigenvalue weighted by Gasteiger charge is 2.13. The maximum atomic E-state index is 6.19. The van der Waals surface area contributed by atoms with Crippen molar-refractivity contribution in [2.24, 2.45) is 0 Å². The first-order chi connectivity index (χ1) is 13.4. The van der Waals surface area contributed by atoms with Gasteiger partial charge >= 0.3 is 0 Å². The van der Waals surface area contributed by atoms with Crippen LogP contribution in [0.5, 0.6) is 0 Å². The van der Waals surface area contributed by atoms with Crippen LogP contribution in [-0.2, 0) is 0 Å². The van der Waals surface area contributed by atoms with Crippen molar-refractivity contribution in [2.75, 3.05) is 0 Å². The van der Waals surface area contributed by atoms with Gasteiger partial charge in [-0.25, -0.2) is 9.97 Å². The van der Waals surface area contributed by atoms with E-state index in [1.165, 1.54) is 16.2 Å². The second kappa shape index (κ2) is 5.39. The third-order valence-corrected chi connectivity index (χ3v) is 5.18. The molecule has 3 nitrogen and oxygen atoms in total.